The van der Waals surface area contributed by atoms with Crippen LogP contribution in [0.2, 0.25) is 0 Å². The Kier molecular flexibility index (Phi) is 2.95. The fraction of sp³-hybridized carbons (Fsp3) is 0.0500. The fourth-order valence-corrected chi connectivity index (χ4v) is 3.13. The molecule has 0 aromatic heterocycles. The summed E-state index contributed by atoms with van der Waals surface area (Å²) in [4.78, 5) is 16.3. The smallest absolute Gasteiger partial charge is 0.194 e. The Bertz CT molecular complexity index is 996. The molecule has 0 saturated carbocycles. The van der Waals surface area contributed by atoms with Crippen molar-refractivity contribution < 1.29 is 4.79 Å². The van der Waals surface area contributed by atoms with Gasteiger partial charge in [0.15, 0.2) is 5.78 Å². The first kappa shape index (κ1) is 13.6. The van der Waals surface area contributed by atoms with Crippen molar-refractivity contribution in [1.29, 1.82) is 0 Å². The van der Waals surface area contributed by atoms with E-state index in [1.807, 2.05) is 31.3 Å². The van der Waals surface area contributed by atoms with Crippen LogP contribution in [0, 0.1) is 6.92 Å². The standard InChI is InChI=1S/C20H16N2O/c1-12-10-17-15-4-2-3-5-16(15)19(18(17)11-22-12)20(23)13-6-8-14(21)9-7-13/h2-11,22H,21H2,1H3. The van der Waals surface area contributed by atoms with Crippen LogP contribution in [0.25, 0.3) is 21.9 Å². The molecule has 3 N–H and O–H groups in total. The Morgan fingerprint density at radius 2 is 1.65 bits per heavy atom. The second kappa shape index (κ2) is 4.99. The molecule has 0 amide bonds. The Labute approximate surface area is 134 Å². The van der Waals surface area contributed by atoms with Gasteiger partial charge >= 0.3 is 0 Å². The summed E-state index contributed by atoms with van der Waals surface area (Å²) < 4.78 is 0. The average Bonchev–Trinajstić information content (AvgIpc) is 2.89. The monoisotopic (exact) mass is 300 g/mol. The second-order valence-corrected chi connectivity index (χ2v) is 5.82. The molecule has 1 aliphatic heterocycles. The molecular weight excluding hydrogens is 284 g/mol. The Morgan fingerprint density at radius 3 is 2.39 bits per heavy atom. The molecule has 0 radical (unpaired) electrons. The minimum absolute atomic E-state index is 0.0217. The molecule has 0 saturated heterocycles. The zero-order valence-electron chi connectivity index (χ0n) is 12.8. The molecule has 1 aliphatic carbocycles. The summed E-state index contributed by atoms with van der Waals surface area (Å²) in [6, 6.07) is 17.2. The lowest BCUT2D eigenvalue weighted by Crippen LogP contribution is -2.02. The highest BCUT2D eigenvalue weighted by Gasteiger charge is 2.23. The SMILES string of the molecule is Cc1cc2c3ccccc3c(C(=O)c3ccc(N)cc3)c-2c[nH]1. The predicted octanol–water partition coefficient (Wildman–Crippen LogP) is 4.39. The molecule has 4 rings (SSSR count). The number of benzene rings is 2. The van der Waals surface area contributed by atoms with Crippen LogP contribution in [0.5, 0.6) is 0 Å². The third-order valence-corrected chi connectivity index (χ3v) is 4.25. The van der Waals surface area contributed by atoms with E-state index in [9.17, 15) is 4.79 Å². The quantitative estimate of drug-likeness (QED) is 0.426. The highest BCUT2D eigenvalue weighted by molar-refractivity contribution is 6.24. The average molecular weight is 300 g/mol. The molecule has 0 bridgehead atoms. The topological polar surface area (TPSA) is 58.9 Å². The van der Waals surface area contributed by atoms with Crippen LogP contribution in [-0.2, 0) is 0 Å². The van der Waals surface area contributed by atoms with Gasteiger partial charge in [-0.1, -0.05) is 24.3 Å². The first-order valence-electron chi connectivity index (χ1n) is 7.55. The van der Waals surface area contributed by atoms with Gasteiger partial charge in [-0.3, -0.25) is 4.79 Å². The molecule has 3 nitrogen and oxygen atoms in total. The highest BCUT2D eigenvalue weighted by atomic mass is 16.1. The van der Waals surface area contributed by atoms with Gasteiger partial charge in [0, 0.05) is 34.3 Å². The molecule has 0 fully saturated rings. The second-order valence-electron chi connectivity index (χ2n) is 5.82. The number of pyridine rings is 1. The van der Waals surface area contributed by atoms with Gasteiger partial charge in [0.25, 0.3) is 0 Å². The summed E-state index contributed by atoms with van der Waals surface area (Å²) in [5, 5.41) is 2.10. The van der Waals surface area contributed by atoms with Crippen molar-refractivity contribution >= 4 is 22.2 Å². The minimum atomic E-state index is 0.0217. The van der Waals surface area contributed by atoms with Crippen molar-refractivity contribution in [3.05, 3.63) is 77.6 Å². The molecule has 112 valence electrons. The Balaban J connectivity index is 2.01. The summed E-state index contributed by atoms with van der Waals surface area (Å²) in [6.45, 7) is 2.02. The molecule has 1 heterocycles. The van der Waals surface area contributed by atoms with E-state index >= 15 is 0 Å². The maximum atomic E-state index is 13.1. The molecule has 3 heteroatoms. The van der Waals surface area contributed by atoms with Crippen molar-refractivity contribution in [1.82, 2.24) is 4.98 Å². The van der Waals surface area contributed by atoms with Crippen molar-refractivity contribution in [3.63, 3.8) is 0 Å². The zero-order chi connectivity index (χ0) is 16.0. The molecule has 0 spiro atoms. The molecule has 23 heavy (non-hydrogen) atoms. The van der Waals surface area contributed by atoms with E-state index in [1.165, 1.54) is 0 Å². The first-order chi connectivity index (χ1) is 11.1. The van der Waals surface area contributed by atoms with Crippen LogP contribution < -0.4 is 5.73 Å². The number of anilines is 1. The van der Waals surface area contributed by atoms with Gasteiger partial charge in [0.05, 0.1) is 0 Å². The third kappa shape index (κ3) is 2.09. The van der Waals surface area contributed by atoms with Gasteiger partial charge in [0.2, 0.25) is 0 Å². The molecular formula is C20H16N2O. The van der Waals surface area contributed by atoms with E-state index < -0.39 is 0 Å². The van der Waals surface area contributed by atoms with Crippen LogP contribution in [-0.4, -0.2) is 10.8 Å². The highest BCUT2D eigenvalue weighted by Crippen LogP contribution is 2.39. The van der Waals surface area contributed by atoms with E-state index in [4.69, 9.17) is 5.73 Å². The van der Waals surface area contributed by atoms with Crippen LogP contribution in [0.1, 0.15) is 21.6 Å². The number of ketones is 1. The van der Waals surface area contributed by atoms with Gasteiger partial charge in [-0.2, -0.15) is 0 Å². The summed E-state index contributed by atoms with van der Waals surface area (Å²) in [5.41, 5.74) is 10.9. The number of carbonyl (C=O) groups is 1. The number of aromatic nitrogens is 1. The summed E-state index contributed by atoms with van der Waals surface area (Å²) in [6.07, 6.45) is 1.93. The summed E-state index contributed by atoms with van der Waals surface area (Å²) in [7, 11) is 0. The number of hydrogen-bond donors (Lipinski definition) is 2. The van der Waals surface area contributed by atoms with Crippen molar-refractivity contribution in [2.75, 3.05) is 5.73 Å². The van der Waals surface area contributed by atoms with E-state index in [2.05, 4.69) is 17.1 Å². The van der Waals surface area contributed by atoms with Gasteiger partial charge in [-0.25, -0.2) is 0 Å². The van der Waals surface area contributed by atoms with Crippen molar-refractivity contribution in [2.24, 2.45) is 0 Å². The number of nitrogens with one attached hydrogen (secondary N) is 1. The largest absolute Gasteiger partial charge is 0.399 e. The first-order valence-corrected chi connectivity index (χ1v) is 7.55. The number of aromatic amines is 1. The minimum Gasteiger partial charge on any atom is -0.399 e. The van der Waals surface area contributed by atoms with Gasteiger partial charge < -0.3 is 10.7 Å². The normalized spacial score (nSPS) is 11.2. The van der Waals surface area contributed by atoms with Crippen LogP contribution >= 0.6 is 0 Å². The summed E-state index contributed by atoms with van der Waals surface area (Å²) in [5.74, 6) is 0.0217. The third-order valence-electron chi connectivity index (χ3n) is 4.25. The lowest BCUT2D eigenvalue weighted by atomic mass is 9.99. The maximum absolute atomic E-state index is 13.1. The van der Waals surface area contributed by atoms with Crippen LogP contribution in [0.3, 0.4) is 0 Å². The zero-order valence-corrected chi connectivity index (χ0v) is 12.8. The number of hydrogen-bond acceptors (Lipinski definition) is 2. The molecule has 2 aliphatic rings. The molecule has 0 unspecified atom stereocenters. The van der Waals surface area contributed by atoms with E-state index in [-0.39, 0.29) is 5.78 Å². The number of H-pyrrole nitrogens is 1. The number of rotatable bonds is 2. The number of nitrogen functional groups attached to an aromatic ring is 1. The van der Waals surface area contributed by atoms with Crippen molar-refractivity contribution in [2.45, 2.75) is 6.92 Å². The van der Waals surface area contributed by atoms with Gasteiger partial charge in [-0.15, -0.1) is 0 Å². The maximum Gasteiger partial charge on any atom is 0.194 e. The van der Waals surface area contributed by atoms with Crippen LogP contribution in [0.15, 0.2) is 60.8 Å². The molecule has 0 atom stereocenters. The van der Waals surface area contributed by atoms with Crippen molar-refractivity contribution in [3.8, 4) is 11.1 Å². The number of nitrogens with two attached hydrogens (primary N) is 1. The van der Waals surface area contributed by atoms with E-state index in [0.717, 1.165) is 33.2 Å². The lowest BCUT2D eigenvalue weighted by Gasteiger charge is -2.06. The Hall–Kier alpha value is -3.07. The van der Waals surface area contributed by atoms with Gasteiger partial charge in [0.1, 0.15) is 0 Å². The number of aryl methyl sites for hydroxylation is 1. The lowest BCUT2D eigenvalue weighted by molar-refractivity contribution is 0.104. The Morgan fingerprint density at radius 1 is 0.957 bits per heavy atom. The van der Waals surface area contributed by atoms with E-state index in [1.54, 1.807) is 24.3 Å². The number of fused-ring (bicyclic) bond motifs is 3. The van der Waals surface area contributed by atoms with E-state index in [0.29, 0.717) is 11.3 Å². The van der Waals surface area contributed by atoms with Crippen LogP contribution in [0.4, 0.5) is 5.69 Å². The molecule has 2 aromatic carbocycles. The van der Waals surface area contributed by atoms with Gasteiger partial charge in [-0.05, 0) is 53.6 Å². The summed E-state index contributed by atoms with van der Waals surface area (Å²) >= 11 is 0. The molecule has 2 aromatic rings. The predicted molar refractivity (Wildman–Crippen MR) is 93.9 cm³/mol. The number of carbonyl (C=O) groups excluding carboxylic acids is 1. The fourth-order valence-electron chi connectivity index (χ4n) is 3.13.